The number of methoxy groups -OCH3 is 1. The minimum Gasteiger partial charge on any atom is -0.463 e. The zero-order valence-corrected chi connectivity index (χ0v) is 26.2. The molecule has 1 aromatic heterocycles. The van der Waals surface area contributed by atoms with Crippen LogP contribution in [-0.2, 0) is 28.5 Å². The fourth-order valence-electron chi connectivity index (χ4n) is 6.43. The van der Waals surface area contributed by atoms with Crippen molar-refractivity contribution in [3.05, 3.63) is 30.1 Å². The van der Waals surface area contributed by atoms with Crippen LogP contribution in [0.25, 0.3) is 0 Å². The highest BCUT2D eigenvalue weighted by Gasteiger charge is 2.50. The molecule has 0 amide bonds. The Kier molecular flexibility index (Phi) is 10.9. The summed E-state index contributed by atoms with van der Waals surface area (Å²) in [6.07, 6.45) is 4.61. The molecule has 0 saturated carbocycles. The second kappa shape index (κ2) is 13.4. The second-order valence-electron chi connectivity index (χ2n) is 13.0. The summed E-state index contributed by atoms with van der Waals surface area (Å²) in [6, 6.07) is 3.99. The van der Waals surface area contributed by atoms with Crippen molar-refractivity contribution in [1.29, 1.82) is 0 Å². The molecular weight excluding hydrogens is 510 g/mol. The summed E-state index contributed by atoms with van der Waals surface area (Å²) in [5.41, 5.74) is -1.18. The summed E-state index contributed by atoms with van der Waals surface area (Å²) in [5, 5.41) is 0. The zero-order chi connectivity index (χ0) is 29.8. The molecule has 2 fully saturated rings. The predicted octanol–water partition coefficient (Wildman–Crippen LogP) is 4.11. The number of carbonyl (C=O) groups is 2. The summed E-state index contributed by atoms with van der Waals surface area (Å²) in [6.45, 7) is 12.2. The number of esters is 1. The van der Waals surface area contributed by atoms with Crippen LogP contribution >= 0.6 is 0 Å². The number of ketones is 1. The van der Waals surface area contributed by atoms with Crippen LogP contribution in [0, 0.1) is 17.3 Å². The van der Waals surface area contributed by atoms with Gasteiger partial charge in [-0.15, -0.1) is 0 Å². The Morgan fingerprint density at radius 2 is 1.73 bits per heavy atom. The summed E-state index contributed by atoms with van der Waals surface area (Å²) in [4.78, 5) is 36.1. The molecule has 0 aromatic carbocycles. The number of ether oxygens (including phenoxy) is 4. The minimum atomic E-state index is -1.37. The number of carbonyl (C=O) groups excluding carboxylic acids is 2. The van der Waals surface area contributed by atoms with Gasteiger partial charge in [0, 0.05) is 44.4 Å². The standard InChI is InChI=1S/C31H51N3O6/c1-20-17-31(6,37-10)28(40-26-16-24(33(7)8)15-21(2)39-26)22(3)27(35)30(4,5)29(36)38-19-25(34(9)18-20)23-11-13-32-14-12-23/h11-14,20-22,24-26,28H,15-19H2,1-10H3/t20-,21-,22+,24+,25+,26+,28-,31-/m1/s1. The van der Waals surface area contributed by atoms with Crippen molar-refractivity contribution in [3.63, 3.8) is 0 Å². The third kappa shape index (κ3) is 7.48. The smallest absolute Gasteiger partial charge is 0.319 e. The van der Waals surface area contributed by atoms with E-state index >= 15 is 0 Å². The molecule has 0 bridgehead atoms. The number of cyclic esters (lactones) is 1. The monoisotopic (exact) mass is 561 g/mol. The van der Waals surface area contributed by atoms with Crippen LogP contribution in [-0.4, -0.2) is 98.1 Å². The van der Waals surface area contributed by atoms with E-state index in [-0.39, 0.29) is 30.5 Å². The van der Waals surface area contributed by atoms with Crippen LogP contribution in [0.5, 0.6) is 0 Å². The van der Waals surface area contributed by atoms with E-state index in [2.05, 4.69) is 42.7 Å². The van der Waals surface area contributed by atoms with Crippen LogP contribution in [0.2, 0.25) is 0 Å². The lowest BCUT2D eigenvalue weighted by Gasteiger charge is -2.45. The number of rotatable bonds is 5. The number of Topliss-reactive ketones (excluding diaryl/α,β-unsaturated/α-hetero) is 1. The van der Waals surface area contributed by atoms with Gasteiger partial charge in [0.1, 0.15) is 12.0 Å². The number of nitrogens with zero attached hydrogens (tertiary/aromatic N) is 3. The van der Waals surface area contributed by atoms with Gasteiger partial charge in [0.05, 0.1) is 23.9 Å². The van der Waals surface area contributed by atoms with Gasteiger partial charge < -0.3 is 23.8 Å². The molecule has 0 N–H and O–H groups in total. The predicted molar refractivity (Wildman–Crippen MR) is 154 cm³/mol. The van der Waals surface area contributed by atoms with Crippen molar-refractivity contribution in [3.8, 4) is 0 Å². The van der Waals surface area contributed by atoms with E-state index in [9.17, 15) is 9.59 Å². The van der Waals surface area contributed by atoms with E-state index in [0.717, 1.165) is 18.5 Å². The summed E-state index contributed by atoms with van der Waals surface area (Å²) >= 11 is 0. The van der Waals surface area contributed by atoms with Crippen LogP contribution in [0.1, 0.15) is 72.4 Å². The molecule has 2 aliphatic rings. The van der Waals surface area contributed by atoms with Crippen LogP contribution in [0.15, 0.2) is 24.5 Å². The zero-order valence-electron chi connectivity index (χ0n) is 26.2. The lowest BCUT2D eigenvalue weighted by molar-refractivity contribution is -0.263. The highest BCUT2D eigenvalue weighted by atomic mass is 16.7. The highest BCUT2D eigenvalue weighted by Crippen LogP contribution is 2.38. The van der Waals surface area contributed by atoms with E-state index < -0.39 is 35.3 Å². The molecule has 2 aliphatic heterocycles. The topological polar surface area (TPSA) is 90.4 Å². The normalized spacial score (nSPS) is 36.8. The lowest BCUT2D eigenvalue weighted by Crippen LogP contribution is -2.55. The molecule has 9 nitrogen and oxygen atoms in total. The number of pyridine rings is 1. The molecule has 0 radical (unpaired) electrons. The Morgan fingerprint density at radius 1 is 1.07 bits per heavy atom. The molecular formula is C31H51N3O6. The Labute approximate surface area is 240 Å². The SMILES string of the molecule is CO[C@]1(C)C[C@@H](C)CN(C)[C@H](c2ccncc2)COC(=O)C(C)(C)C(=O)[C@H](C)[C@H]1O[C@H]1C[C@@H](N(C)C)C[C@@H](C)O1. The van der Waals surface area contributed by atoms with Crippen molar-refractivity contribution in [1.82, 2.24) is 14.8 Å². The number of hydrogen-bond donors (Lipinski definition) is 0. The first kappa shape index (κ1) is 32.6. The maximum Gasteiger partial charge on any atom is 0.319 e. The molecule has 3 rings (SSSR count). The van der Waals surface area contributed by atoms with Gasteiger partial charge in [-0.3, -0.25) is 19.5 Å². The Bertz CT molecular complexity index is 989. The van der Waals surface area contributed by atoms with Gasteiger partial charge in [0.2, 0.25) is 0 Å². The quantitative estimate of drug-likeness (QED) is 0.389. The van der Waals surface area contributed by atoms with E-state index in [4.69, 9.17) is 18.9 Å². The fraction of sp³-hybridized carbons (Fsp3) is 0.774. The van der Waals surface area contributed by atoms with Gasteiger partial charge in [-0.25, -0.2) is 0 Å². The van der Waals surface area contributed by atoms with Crippen LogP contribution in [0.3, 0.4) is 0 Å². The molecule has 0 aliphatic carbocycles. The van der Waals surface area contributed by atoms with Crippen molar-refractivity contribution in [2.75, 3.05) is 41.4 Å². The van der Waals surface area contributed by atoms with Gasteiger partial charge >= 0.3 is 5.97 Å². The number of likely N-dealkylation sites (N-methyl/N-ethyl adjacent to an activating group) is 1. The summed E-state index contributed by atoms with van der Waals surface area (Å²) in [5.74, 6) is -1.25. The average Bonchev–Trinajstić information content (AvgIpc) is 2.90. The largest absolute Gasteiger partial charge is 0.463 e. The van der Waals surface area contributed by atoms with Gasteiger partial charge in [0.25, 0.3) is 0 Å². The Hall–Kier alpha value is -1.91. The number of aromatic nitrogens is 1. The molecule has 40 heavy (non-hydrogen) atoms. The molecule has 3 heterocycles. The Balaban J connectivity index is 2.00. The summed E-state index contributed by atoms with van der Waals surface area (Å²) in [7, 11) is 7.84. The molecule has 2 saturated heterocycles. The first-order valence-corrected chi connectivity index (χ1v) is 14.5. The van der Waals surface area contributed by atoms with E-state index in [1.807, 2.05) is 33.0 Å². The lowest BCUT2D eigenvalue weighted by atomic mass is 9.74. The first-order valence-electron chi connectivity index (χ1n) is 14.5. The molecule has 8 atom stereocenters. The van der Waals surface area contributed by atoms with E-state index in [1.165, 1.54) is 0 Å². The van der Waals surface area contributed by atoms with Crippen LogP contribution in [0.4, 0.5) is 0 Å². The summed E-state index contributed by atoms with van der Waals surface area (Å²) < 4.78 is 25.0. The Morgan fingerprint density at radius 3 is 2.33 bits per heavy atom. The van der Waals surface area contributed by atoms with Crippen LogP contribution < -0.4 is 0 Å². The minimum absolute atomic E-state index is 0.0184. The first-order chi connectivity index (χ1) is 18.7. The van der Waals surface area contributed by atoms with Crippen molar-refractivity contribution in [2.24, 2.45) is 17.3 Å². The fourth-order valence-corrected chi connectivity index (χ4v) is 6.43. The van der Waals surface area contributed by atoms with Gasteiger partial charge in [-0.2, -0.15) is 0 Å². The molecule has 1 aromatic rings. The molecule has 0 unspecified atom stereocenters. The van der Waals surface area contributed by atoms with Gasteiger partial charge in [-0.1, -0.05) is 13.8 Å². The van der Waals surface area contributed by atoms with Crippen molar-refractivity contribution >= 4 is 11.8 Å². The third-order valence-electron chi connectivity index (χ3n) is 8.89. The second-order valence-corrected chi connectivity index (χ2v) is 13.0. The van der Waals surface area contributed by atoms with Crippen molar-refractivity contribution < 1.29 is 28.5 Å². The van der Waals surface area contributed by atoms with E-state index in [1.54, 1.807) is 33.4 Å². The third-order valence-corrected chi connectivity index (χ3v) is 8.89. The number of hydrogen-bond acceptors (Lipinski definition) is 9. The highest BCUT2D eigenvalue weighted by molar-refractivity contribution is 6.04. The molecule has 0 spiro atoms. The van der Waals surface area contributed by atoms with Gasteiger partial charge in [0.15, 0.2) is 12.1 Å². The maximum atomic E-state index is 14.1. The van der Waals surface area contributed by atoms with Gasteiger partial charge in [-0.05, 0) is 85.3 Å². The average molecular weight is 562 g/mol. The van der Waals surface area contributed by atoms with Crippen molar-refractivity contribution in [2.45, 2.75) is 97.0 Å². The van der Waals surface area contributed by atoms with E-state index in [0.29, 0.717) is 18.9 Å². The maximum absolute atomic E-state index is 14.1. The molecule has 9 heteroatoms. The molecule has 226 valence electrons.